The van der Waals surface area contributed by atoms with E-state index in [-0.39, 0.29) is 5.91 Å². The van der Waals surface area contributed by atoms with Gasteiger partial charge in [-0.3, -0.25) is 4.79 Å². The summed E-state index contributed by atoms with van der Waals surface area (Å²) in [4.78, 5) is 11.9. The number of para-hydroxylation sites is 1. The van der Waals surface area contributed by atoms with E-state index in [0.29, 0.717) is 6.42 Å². The van der Waals surface area contributed by atoms with Crippen molar-refractivity contribution in [3.63, 3.8) is 0 Å². The molecule has 0 spiro atoms. The van der Waals surface area contributed by atoms with Gasteiger partial charge in [-0.05, 0) is 47.4 Å². The molecule has 1 N–H and O–H groups in total. The van der Waals surface area contributed by atoms with Gasteiger partial charge in [0.2, 0.25) is 5.91 Å². The summed E-state index contributed by atoms with van der Waals surface area (Å²) in [7, 11) is 0. The number of amides is 1. The number of rotatable bonds is 3. The van der Waals surface area contributed by atoms with Crippen LogP contribution in [0.1, 0.15) is 16.7 Å². The van der Waals surface area contributed by atoms with Crippen LogP contribution in [0.15, 0.2) is 35.0 Å². The Hall–Kier alpha value is -1.61. The minimum absolute atomic E-state index is 0.0424. The second kappa shape index (κ2) is 5.15. The number of nitrogens with one attached hydrogen (secondary N) is 1. The van der Waals surface area contributed by atoms with Crippen LogP contribution in [-0.4, -0.2) is 5.91 Å². The fraction of sp³-hybridized carbons (Fsp3) is 0.214. The van der Waals surface area contributed by atoms with Gasteiger partial charge < -0.3 is 5.32 Å². The number of benzene rings is 1. The van der Waals surface area contributed by atoms with Crippen LogP contribution in [0.2, 0.25) is 0 Å². The molecule has 0 aliphatic rings. The van der Waals surface area contributed by atoms with Crippen molar-refractivity contribution in [2.45, 2.75) is 20.3 Å². The Morgan fingerprint density at radius 2 is 1.94 bits per heavy atom. The van der Waals surface area contributed by atoms with E-state index in [0.717, 1.165) is 22.4 Å². The molecule has 2 aromatic rings. The maximum absolute atomic E-state index is 11.9. The minimum Gasteiger partial charge on any atom is -0.325 e. The van der Waals surface area contributed by atoms with E-state index < -0.39 is 0 Å². The van der Waals surface area contributed by atoms with Gasteiger partial charge in [-0.2, -0.15) is 11.3 Å². The number of carbonyl (C=O) groups excluding carboxylic acids is 1. The molecule has 1 aromatic heterocycles. The van der Waals surface area contributed by atoms with E-state index in [4.69, 9.17) is 0 Å². The maximum Gasteiger partial charge on any atom is 0.228 e. The predicted octanol–water partition coefficient (Wildman–Crippen LogP) is 3.55. The van der Waals surface area contributed by atoms with Crippen molar-refractivity contribution in [3.05, 3.63) is 51.7 Å². The van der Waals surface area contributed by atoms with Crippen molar-refractivity contribution in [2.24, 2.45) is 0 Å². The first-order chi connectivity index (χ1) is 8.16. The van der Waals surface area contributed by atoms with Gasteiger partial charge in [0.1, 0.15) is 0 Å². The molecule has 0 saturated carbocycles. The Kier molecular flexibility index (Phi) is 3.59. The lowest BCUT2D eigenvalue weighted by molar-refractivity contribution is -0.115. The van der Waals surface area contributed by atoms with Gasteiger partial charge >= 0.3 is 0 Å². The first-order valence-corrected chi connectivity index (χ1v) is 6.48. The van der Waals surface area contributed by atoms with Crippen LogP contribution in [0.25, 0.3) is 0 Å². The molecule has 0 aliphatic heterocycles. The second-order valence-electron chi connectivity index (χ2n) is 4.12. The van der Waals surface area contributed by atoms with Gasteiger partial charge in [0, 0.05) is 5.69 Å². The van der Waals surface area contributed by atoms with Crippen molar-refractivity contribution in [2.75, 3.05) is 5.32 Å². The fourth-order valence-corrected chi connectivity index (χ4v) is 2.44. The fourth-order valence-electron chi connectivity index (χ4n) is 1.77. The Morgan fingerprint density at radius 3 is 2.53 bits per heavy atom. The summed E-state index contributed by atoms with van der Waals surface area (Å²) >= 11 is 1.61. The van der Waals surface area contributed by atoms with Crippen molar-refractivity contribution < 1.29 is 4.79 Å². The molecule has 1 heterocycles. The summed E-state index contributed by atoms with van der Waals surface area (Å²) < 4.78 is 0. The highest BCUT2D eigenvalue weighted by Crippen LogP contribution is 2.19. The molecule has 88 valence electrons. The smallest absolute Gasteiger partial charge is 0.228 e. The van der Waals surface area contributed by atoms with Crippen molar-refractivity contribution >= 4 is 22.9 Å². The van der Waals surface area contributed by atoms with Crippen LogP contribution in [0.5, 0.6) is 0 Å². The summed E-state index contributed by atoms with van der Waals surface area (Å²) in [5.74, 6) is 0.0424. The van der Waals surface area contributed by atoms with Crippen LogP contribution in [0, 0.1) is 13.8 Å². The van der Waals surface area contributed by atoms with E-state index in [1.54, 1.807) is 11.3 Å². The van der Waals surface area contributed by atoms with Gasteiger partial charge in [0.15, 0.2) is 0 Å². The second-order valence-corrected chi connectivity index (χ2v) is 4.90. The molecular formula is C14H15NOS. The van der Waals surface area contributed by atoms with Crippen molar-refractivity contribution in [1.82, 2.24) is 0 Å². The Labute approximate surface area is 105 Å². The standard InChI is InChI=1S/C14H15NOS/c1-10-4-3-5-11(2)14(10)15-13(16)8-12-6-7-17-9-12/h3-7,9H,8H2,1-2H3,(H,15,16). The summed E-state index contributed by atoms with van der Waals surface area (Å²) in [6.07, 6.45) is 0.442. The molecule has 1 aromatic carbocycles. The highest BCUT2D eigenvalue weighted by molar-refractivity contribution is 7.08. The van der Waals surface area contributed by atoms with Crippen molar-refractivity contribution in [3.8, 4) is 0 Å². The third-order valence-electron chi connectivity index (χ3n) is 2.69. The lowest BCUT2D eigenvalue weighted by Crippen LogP contribution is -2.15. The third kappa shape index (κ3) is 2.94. The molecule has 0 aliphatic carbocycles. The predicted molar refractivity (Wildman–Crippen MR) is 72.6 cm³/mol. The normalized spacial score (nSPS) is 10.2. The first kappa shape index (κ1) is 11.9. The molecule has 0 unspecified atom stereocenters. The monoisotopic (exact) mass is 245 g/mol. The van der Waals surface area contributed by atoms with Gasteiger partial charge in [-0.15, -0.1) is 0 Å². The van der Waals surface area contributed by atoms with E-state index in [1.165, 1.54) is 0 Å². The highest BCUT2D eigenvalue weighted by Gasteiger charge is 2.07. The Bertz CT molecular complexity index is 497. The number of hydrogen-bond acceptors (Lipinski definition) is 2. The minimum atomic E-state index is 0.0424. The largest absolute Gasteiger partial charge is 0.325 e. The van der Waals surface area contributed by atoms with Crippen LogP contribution >= 0.6 is 11.3 Å². The molecule has 2 rings (SSSR count). The molecular weight excluding hydrogens is 230 g/mol. The summed E-state index contributed by atoms with van der Waals surface area (Å²) in [6.45, 7) is 4.01. The molecule has 0 fully saturated rings. The zero-order valence-electron chi connectivity index (χ0n) is 9.99. The lowest BCUT2D eigenvalue weighted by atomic mass is 10.1. The molecule has 0 saturated heterocycles. The maximum atomic E-state index is 11.9. The van der Waals surface area contributed by atoms with Crippen LogP contribution in [0.3, 0.4) is 0 Å². The van der Waals surface area contributed by atoms with E-state index in [9.17, 15) is 4.79 Å². The van der Waals surface area contributed by atoms with Gasteiger partial charge in [0.05, 0.1) is 6.42 Å². The Balaban J connectivity index is 2.08. The molecule has 1 amide bonds. The number of carbonyl (C=O) groups is 1. The zero-order chi connectivity index (χ0) is 12.3. The number of thiophene rings is 1. The van der Waals surface area contributed by atoms with Crippen molar-refractivity contribution in [1.29, 1.82) is 0 Å². The molecule has 0 atom stereocenters. The molecule has 17 heavy (non-hydrogen) atoms. The first-order valence-electron chi connectivity index (χ1n) is 5.54. The quantitative estimate of drug-likeness (QED) is 0.880. The topological polar surface area (TPSA) is 29.1 Å². The number of hydrogen-bond donors (Lipinski definition) is 1. The summed E-state index contributed by atoms with van der Waals surface area (Å²) in [5, 5.41) is 6.97. The van der Waals surface area contributed by atoms with Crippen LogP contribution in [0.4, 0.5) is 5.69 Å². The van der Waals surface area contributed by atoms with E-state index in [2.05, 4.69) is 5.32 Å². The number of aryl methyl sites for hydroxylation is 2. The van der Waals surface area contributed by atoms with Crippen LogP contribution in [-0.2, 0) is 11.2 Å². The molecule has 0 radical (unpaired) electrons. The SMILES string of the molecule is Cc1cccc(C)c1NC(=O)Cc1ccsc1. The lowest BCUT2D eigenvalue weighted by Gasteiger charge is -2.10. The summed E-state index contributed by atoms with van der Waals surface area (Å²) in [5.41, 5.74) is 4.21. The summed E-state index contributed by atoms with van der Waals surface area (Å²) in [6, 6.07) is 7.99. The Morgan fingerprint density at radius 1 is 1.24 bits per heavy atom. The molecule has 3 heteroatoms. The van der Waals surface area contributed by atoms with Gasteiger partial charge in [-0.25, -0.2) is 0 Å². The van der Waals surface area contributed by atoms with Gasteiger partial charge in [0.25, 0.3) is 0 Å². The van der Waals surface area contributed by atoms with E-state index >= 15 is 0 Å². The van der Waals surface area contributed by atoms with Crippen LogP contribution < -0.4 is 5.32 Å². The third-order valence-corrected chi connectivity index (χ3v) is 3.42. The highest BCUT2D eigenvalue weighted by atomic mass is 32.1. The average molecular weight is 245 g/mol. The zero-order valence-corrected chi connectivity index (χ0v) is 10.8. The van der Waals surface area contributed by atoms with Gasteiger partial charge in [-0.1, -0.05) is 18.2 Å². The van der Waals surface area contributed by atoms with E-state index in [1.807, 2.05) is 48.9 Å². The molecule has 0 bridgehead atoms. The molecule has 2 nitrogen and oxygen atoms in total. The average Bonchev–Trinajstić information content (AvgIpc) is 2.76. The number of anilines is 1.